The second kappa shape index (κ2) is 7.81. The van der Waals surface area contributed by atoms with E-state index in [1.807, 2.05) is 0 Å². The molecule has 0 spiro atoms. The van der Waals surface area contributed by atoms with Crippen LogP contribution >= 0.6 is 23.2 Å². The molecule has 2 N–H and O–H groups in total. The second-order valence-electron chi connectivity index (χ2n) is 7.91. The van der Waals surface area contributed by atoms with Crippen LogP contribution in [0.1, 0.15) is 75.8 Å². The highest BCUT2D eigenvalue weighted by atomic mass is 35.5. The number of fused-ring (bicyclic) bond motifs is 1. The number of nitrogens with one attached hydrogen (secondary N) is 1. The maximum atomic E-state index is 10.5. The van der Waals surface area contributed by atoms with Crippen LogP contribution in [-0.2, 0) is 0 Å². The highest BCUT2D eigenvalue weighted by Crippen LogP contribution is 2.47. The minimum absolute atomic E-state index is 0.0637. The Kier molecular flexibility index (Phi) is 5.43. The van der Waals surface area contributed by atoms with Crippen molar-refractivity contribution in [2.75, 3.05) is 5.32 Å². The molecule has 1 aromatic heterocycles. The van der Waals surface area contributed by atoms with Gasteiger partial charge in [0.2, 0.25) is 0 Å². The first kappa shape index (κ1) is 18.8. The third-order valence-electron chi connectivity index (χ3n) is 6.17. The molecule has 0 amide bonds. The molecule has 6 heteroatoms. The van der Waals surface area contributed by atoms with E-state index in [4.69, 9.17) is 23.2 Å². The van der Waals surface area contributed by atoms with Gasteiger partial charge in [-0.15, -0.1) is 0 Å². The number of halogens is 2. The number of nitrogens with zero attached hydrogens (tertiary/aromatic N) is 2. The van der Waals surface area contributed by atoms with E-state index in [2.05, 4.69) is 22.1 Å². The molecule has 2 aliphatic carbocycles. The second-order valence-corrected chi connectivity index (χ2v) is 8.66. The summed E-state index contributed by atoms with van der Waals surface area (Å²) in [5.74, 6) is -0.212. The van der Waals surface area contributed by atoms with Crippen LogP contribution in [0.25, 0.3) is 10.9 Å². The van der Waals surface area contributed by atoms with Crippen molar-refractivity contribution in [2.24, 2.45) is 0 Å². The van der Waals surface area contributed by atoms with E-state index >= 15 is 0 Å². The van der Waals surface area contributed by atoms with E-state index in [-0.39, 0.29) is 16.3 Å². The van der Waals surface area contributed by atoms with Gasteiger partial charge in [-0.25, -0.2) is 0 Å². The lowest BCUT2D eigenvalue weighted by molar-refractivity contribution is 0.360. The van der Waals surface area contributed by atoms with Crippen LogP contribution in [0, 0.1) is 11.3 Å². The fraction of sp³-hybridized carbons (Fsp3) is 0.571. The predicted octanol–water partition coefficient (Wildman–Crippen LogP) is 6.78. The third kappa shape index (κ3) is 3.37. The summed E-state index contributed by atoms with van der Waals surface area (Å²) in [6.07, 6.45) is 13.9. The number of aromatic hydroxyl groups is 1. The van der Waals surface area contributed by atoms with Crippen molar-refractivity contribution < 1.29 is 5.11 Å². The number of benzene rings is 1. The lowest BCUT2D eigenvalue weighted by atomic mass is 9.95. The molecule has 2 aromatic rings. The Hall–Kier alpha value is -1.57. The minimum Gasteiger partial charge on any atom is -0.505 e. The monoisotopic (exact) mass is 405 g/mol. The maximum Gasteiger partial charge on any atom is 0.155 e. The van der Waals surface area contributed by atoms with Gasteiger partial charge in [0.25, 0.3) is 0 Å². The van der Waals surface area contributed by atoms with E-state index in [1.54, 1.807) is 0 Å². The standard InChI is InChI=1S/C21H25Cl2N3O/c22-18-17-16(25-13-7-3-1-4-8-13)12-26(14-9-5-2-6-10-14)20(17)15(11-24)21(27)19(18)23/h12-14,25,27H,1-10H2. The normalized spacial score (nSPS) is 19.3. The summed E-state index contributed by atoms with van der Waals surface area (Å²) in [5, 5.41) is 25.0. The van der Waals surface area contributed by atoms with E-state index in [9.17, 15) is 10.4 Å². The van der Waals surface area contributed by atoms with Gasteiger partial charge in [0, 0.05) is 23.7 Å². The average Bonchev–Trinajstić information content (AvgIpc) is 3.07. The fourth-order valence-corrected chi connectivity index (χ4v) is 5.24. The van der Waals surface area contributed by atoms with Gasteiger partial charge in [-0.3, -0.25) is 0 Å². The fourth-order valence-electron chi connectivity index (χ4n) is 4.77. The van der Waals surface area contributed by atoms with Crippen molar-refractivity contribution in [1.29, 1.82) is 5.26 Å². The van der Waals surface area contributed by atoms with Gasteiger partial charge in [-0.1, -0.05) is 61.7 Å². The minimum atomic E-state index is -0.212. The maximum absolute atomic E-state index is 10.5. The zero-order valence-corrected chi connectivity index (χ0v) is 16.9. The first-order chi connectivity index (χ1) is 13.1. The summed E-state index contributed by atoms with van der Waals surface area (Å²) >= 11 is 12.9. The predicted molar refractivity (Wildman–Crippen MR) is 111 cm³/mol. The summed E-state index contributed by atoms with van der Waals surface area (Å²) in [7, 11) is 0. The zero-order valence-electron chi connectivity index (χ0n) is 15.4. The Bertz CT molecular complexity index is 887. The molecular formula is C21H25Cl2N3O. The SMILES string of the molecule is N#Cc1c(O)c(Cl)c(Cl)c2c(NC3CCCCC3)cn(C3CCCCC3)c12. The molecule has 1 aromatic carbocycles. The molecule has 2 saturated carbocycles. The van der Waals surface area contributed by atoms with Gasteiger partial charge in [-0.05, 0) is 25.7 Å². The molecule has 1 heterocycles. The lowest BCUT2D eigenvalue weighted by Crippen LogP contribution is -2.22. The molecule has 4 rings (SSSR count). The van der Waals surface area contributed by atoms with E-state index in [0.29, 0.717) is 17.1 Å². The summed E-state index contributed by atoms with van der Waals surface area (Å²) in [6.45, 7) is 0. The van der Waals surface area contributed by atoms with Crippen molar-refractivity contribution in [3.63, 3.8) is 0 Å². The Labute approximate surface area is 170 Å². The van der Waals surface area contributed by atoms with Crippen molar-refractivity contribution in [1.82, 2.24) is 4.57 Å². The van der Waals surface area contributed by atoms with Crippen molar-refractivity contribution in [3.05, 3.63) is 21.8 Å². The van der Waals surface area contributed by atoms with Gasteiger partial charge in [-0.2, -0.15) is 5.26 Å². The van der Waals surface area contributed by atoms with Crippen LogP contribution in [0.3, 0.4) is 0 Å². The molecule has 0 saturated heterocycles. The van der Waals surface area contributed by atoms with Crippen LogP contribution in [0.4, 0.5) is 5.69 Å². The summed E-state index contributed by atoms with van der Waals surface area (Å²) in [4.78, 5) is 0. The number of hydrogen-bond donors (Lipinski definition) is 2. The van der Waals surface area contributed by atoms with Crippen LogP contribution in [-0.4, -0.2) is 15.7 Å². The van der Waals surface area contributed by atoms with Gasteiger partial charge in [0.1, 0.15) is 16.7 Å². The summed E-state index contributed by atoms with van der Waals surface area (Å²) in [5.41, 5.74) is 1.88. The van der Waals surface area contributed by atoms with Gasteiger partial charge in [0.05, 0.1) is 16.2 Å². The van der Waals surface area contributed by atoms with Gasteiger partial charge < -0.3 is 15.0 Å². The topological polar surface area (TPSA) is 61.0 Å². The van der Waals surface area contributed by atoms with E-state index < -0.39 is 0 Å². The highest BCUT2D eigenvalue weighted by Gasteiger charge is 2.27. The summed E-state index contributed by atoms with van der Waals surface area (Å²) in [6, 6.07) is 2.90. The first-order valence-corrected chi connectivity index (χ1v) is 10.8. The number of nitriles is 1. The summed E-state index contributed by atoms with van der Waals surface area (Å²) < 4.78 is 2.17. The Balaban J connectivity index is 1.89. The van der Waals surface area contributed by atoms with Crippen LogP contribution in [0.5, 0.6) is 5.75 Å². The average molecular weight is 406 g/mol. The van der Waals surface area contributed by atoms with Crippen molar-refractivity contribution >= 4 is 39.8 Å². The van der Waals surface area contributed by atoms with Crippen LogP contribution in [0.2, 0.25) is 10.0 Å². The number of rotatable bonds is 3. The molecule has 0 bridgehead atoms. The number of phenols is 1. The third-order valence-corrected chi connectivity index (χ3v) is 7.01. The molecule has 2 fully saturated rings. The van der Waals surface area contributed by atoms with E-state index in [1.165, 1.54) is 38.5 Å². The Morgan fingerprint density at radius 1 is 1.00 bits per heavy atom. The number of hydrogen-bond acceptors (Lipinski definition) is 3. The van der Waals surface area contributed by atoms with E-state index in [0.717, 1.165) is 42.3 Å². The Morgan fingerprint density at radius 2 is 1.63 bits per heavy atom. The number of aromatic nitrogens is 1. The molecule has 0 radical (unpaired) electrons. The van der Waals surface area contributed by atoms with Crippen molar-refractivity contribution in [2.45, 2.75) is 76.3 Å². The van der Waals surface area contributed by atoms with Gasteiger partial charge in [0.15, 0.2) is 5.75 Å². The molecule has 144 valence electrons. The molecule has 0 unspecified atom stereocenters. The van der Waals surface area contributed by atoms with Crippen LogP contribution in [0.15, 0.2) is 6.20 Å². The molecule has 2 aliphatic rings. The quantitative estimate of drug-likeness (QED) is 0.591. The molecule has 0 atom stereocenters. The Morgan fingerprint density at radius 3 is 2.26 bits per heavy atom. The smallest absolute Gasteiger partial charge is 0.155 e. The molecule has 4 nitrogen and oxygen atoms in total. The van der Waals surface area contributed by atoms with Crippen LogP contribution < -0.4 is 5.32 Å². The largest absolute Gasteiger partial charge is 0.505 e. The molecule has 0 aliphatic heterocycles. The molecule has 27 heavy (non-hydrogen) atoms. The highest BCUT2D eigenvalue weighted by molar-refractivity contribution is 6.47. The molecular weight excluding hydrogens is 381 g/mol. The van der Waals surface area contributed by atoms with Crippen molar-refractivity contribution in [3.8, 4) is 11.8 Å². The number of anilines is 1. The van der Waals surface area contributed by atoms with Gasteiger partial charge >= 0.3 is 0 Å². The first-order valence-electron chi connectivity index (χ1n) is 10.0. The lowest BCUT2D eigenvalue weighted by Gasteiger charge is -2.25. The number of phenolic OH excluding ortho intramolecular Hbond substituents is 1. The zero-order chi connectivity index (χ0) is 19.0.